The van der Waals surface area contributed by atoms with Gasteiger partial charge in [0, 0.05) is 13.1 Å². The van der Waals surface area contributed by atoms with Crippen molar-refractivity contribution in [2.75, 3.05) is 13.1 Å². The zero-order valence-electron chi connectivity index (χ0n) is 16.5. The molecular formula is C23H40ClN. The first-order chi connectivity index (χ1) is 12.3. The van der Waals surface area contributed by atoms with Crippen LogP contribution in [0.5, 0.6) is 0 Å². The van der Waals surface area contributed by atoms with E-state index in [0.717, 1.165) is 13.1 Å². The van der Waals surface area contributed by atoms with Crippen molar-refractivity contribution < 1.29 is 0 Å². The minimum atomic E-state index is 1.06. The number of unbranched alkanes of at least 4 members (excludes halogenated alkanes) is 11. The van der Waals surface area contributed by atoms with Crippen molar-refractivity contribution in [3.8, 4) is 0 Å². The Kier molecular flexibility index (Phi) is 15.2. The second-order valence-corrected chi connectivity index (χ2v) is 7.87. The molecule has 1 aromatic rings. The van der Waals surface area contributed by atoms with E-state index in [1.165, 1.54) is 95.5 Å². The van der Waals surface area contributed by atoms with Crippen LogP contribution in [0.15, 0.2) is 30.3 Å². The summed E-state index contributed by atoms with van der Waals surface area (Å²) < 4.78 is 2.01. The molecule has 144 valence electrons. The van der Waals surface area contributed by atoms with Gasteiger partial charge in [-0.05, 0) is 43.0 Å². The standard InChI is InChI=1S/C23H40ClN/c1-2-3-4-5-10-16-21-25(24)22-17-11-8-6-7-9-13-18-23-19-14-12-15-20-23/h12,14-15,19-20H,2-11,13,16-18,21-22H2,1H3. The smallest absolute Gasteiger partial charge is 0.0139 e. The van der Waals surface area contributed by atoms with E-state index in [-0.39, 0.29) is 0 Å². The van der Waals surface area contributed by atoms with Crippen LogP contribution < -0.4 is 0 Å². The number of benzene rings is 1. The topological polar surface area (TPSA) is 3.24 Å². The van der Waals surface area contributed by atoms with Crippen molar-refractivity contribution in [1.82, 2.24) is 4.42 Å². The van der Waals surface area contributed by atoms with E-state index in [1.807, 2.05) is 4.42 Å². The summed E-state index contributed by atoms with van der Waals surface area (Å²) in [6.45, 7) is 4.39. The third-order valence-corrected chi connectivity index (χ3v) is 5.30. The normalized spacial score (nSPS) is 11.3. The highest BCUT2D eigenvalue weighted by molar-refractivity contribution is 6.13. The van der Waals surface area contributed by atoms with Gasteiger partial charge >= 0.3 is 0 Å². The Morgan fingerprint density at radius 2 is 1.12 bits per heavy atom. The highest BCUT2D eigenvalue weighted by atomic mass is 35.5. The molecule has 0 unspecified atom stereocenters. The molecule has 0 saturated carbocycles. The van der Waals surface area contributed by atoms with Gasteiger partial charge in [-0.3, -0.25) is 0 Å². The summed E-state index contributed by atoms with van der Waals surface area (Å²) in [6, 6.07) is 10.9. The van der Waals surface area contributed by atoms with E-state index in [4.69, 9.17) is 11.8 Å². The van der Waals surface area contributed by atoms with Crippen molar-refractivity contribution in [3.63, 3.8) is 0 Å². The maximum absolute atomic E-state index is 6.29. The predicted octanol–water partition coefficient (Wildman–Crippen LogP) is 7.78. The van der Waals surface area contributed by atoms with Gasteiger partial charge in [0.05, 0.1) is 0 Å². The largest absolute Gasteiger partial charge is 0.220 e. The minimum absolute atomic E-state index is 1.06. The molecule has 25 heavy (non-hydrogen) atoms. The lowest BCUT2D eigenvalue weighted by Crippen LogP contribution is -2.15. The molecule has 1 nitrogen and oxygen atoms in total. The molecule has 0 spiro atoms. The summed E-state index contributed by atoms with van der Waals surface area (Å²) in [7, 11) is 0. The van der Waals surface area contributed by atoms with Crippen molar-refractivity contribution in [1.29, 1.82) is 0 Å². The van der Waals surface area contributed by atoms with Gasteiger partial charge in [-0.2, -0.15) is 0 Å². The zero-order valence-corrected chi connectivity index (χ0v) is 17.3. The highest BCUT2D eigenvalue weighted by Crippen LogP contribution is 2.12. The fourth-order valence-corrected chi connectivity index (χ4v) is 3.56. The molecule has 0 saturated heterocycles. The first-order valence-electron chi connectivity index (χ1n) is 10.8. The van der Waals surface area contributed by atoms with Gasteiger partial charge in [-0.1, -0.05) is 101 Å². The summed E-state index contributed by atoms with van der Waals surface area (Å²) >= 11 is 6.29. The number of halogens is 1. The third kappa shape index (κ3) is 14.3. The molecule has 0 atom stereocenters. The SMILES string of the molecule is CCCCCCCCN(Cl)CCCCCCCCCc1ccccc1. The van der Waals surface area contributed by atoms with Gasteiger partial charge < -0.3 is 0 Å². The van der Waals surface area contributed by atoms with Crippen molar-refractivity contribution >= 4 is 11.8 Å². The second kappa shape index (κ2) is 16.9. The predicted molar refractivity (Wildman–Crippen MR) is 113 cm³/mol. The number of hydrogen-bond donors (Lipinski definition) is 0. The molecule has 0 bridgehead atoms. The van der Waals surface area contributed by atoms with Crippen LogP contribution in [0.2, 0.25) is 0 Å². The monoisotopic (exact) mass is 365 g/mol. The molecular weight excluding hydrogens is 326 g/mol. The summed E-state index contributed by atoms with van der Waals surface area (Å²) in [5.41, 5.74) is 1.48. The summed E-state index contributed by atoms with van der Waals surface area (Å²) in [4.78, 5) is 0. The molecule has 1 rings (SSSR count). The lowest BCUT2D eigenvalue weighted by Gasteiger charge is -2.13. The molecule has 0 fully saturated rings. The van der Waals surface area contributed by atoms with E-state index in [9.17, 15) is 0 Å². The summed E-state index contributed by atoms with van der Waals surface area (Å²) in [5.74, 6) is 0. The van der Waals surface area contributed by atoms with E-state index in [2.05, 4.69) is 37.3 Å². The molecule has 0 amide bonds. The fraction of sp³-hybridized carbons (Fsp3) is 0.739. The third-order valence-electron chi connectivity index (χ3n) is 4.96. The van der Waals surface area contributed by atoms with Crippen molar-refractivity contribution in [3.05, 3.63) is 35.9 Å². The van der Waals surface area contributed by atoms with Crippen molar-refractivity contribution in [2.24, 2.45) is 0 Å². The molecule has 1 aromatic carbocycles. The lowest BCUT2D eigenvalue weighted by atomic mass is 10.0. The van der Waals surface area contributed by atoms with Crippen LogP contribution in [0.4, 0.5) is 0 Å². The number of hydrogen-bond acceptors (Lipinski definition) is 1. The molecule has 0 aliphatic heterocycles. The van der Waals surface area contributed by atoms with Crippen LogP contribution in [0.1, 0.15) is 96.0 Å². The Hall–Kier alpha value is -0.530. The van der Waals surface area contributed by atoms with E-state index in [1.54, 1.807) is 0 Å². The Bertz CT molecular complexity index is 379. The van der Waals surface area contributed by atoms with Crippen LogP contribution in [0.3, 0.4) is 0 Å². The maximum atomic E-state index is 6.29. The van der Waals surface area contributed by atoms with Gasteiger partial charge in [-0.25, -0.2) is 4.42 Å². The average molecular weight is 366 g/mol. The fourth-order valence-electron chi connectivity index (χ4n) is 3.32. The first kappa shape index (κ1) is 22.5. The van der Waals surface area contributed by atoms with Gasteiger partial charge in [0.15, 0.2) is 0 Å². The Labute approximate surface area is 162 Å². The molecule has 0 N–H and O–H groups in total. The molecule has 0 radical (unpaired) electrons. The van der Waals surface area contributed by atoms with Crippen LogP contribution in [-0.4, -0.2) is 17.5 Å². The Morgan fingerprint density at radius 3 is 1.68 bits per heavy atom. The molecule has 0 aliphatic carbocycles. The van der Waals surface area contributed by atoms with Gasteiger partial charge in [0.2, 0.25) is 0 Å². The van der Waals surface area contributed by atoms with Gasteiger partial charge in [0.25, 0.3) is 0 Å². The average Bonchev–Trinajstić information content (AvgIpc) is 2.64. The van der Waals surface area contributed by atoms with Crippen molar-refractivity contribution in [2.45, 2.75) is 96.8 Å². The van der Waals surface area contributed by atoms with Gasteiger partial charge in [-0.15, -0.1) is 0 Å². The number of aryl methyl sites for hydroxylation is 1. The quantitative estimate of drug-likeness (QED) is 0.201. The zero-order chi connectivity index (χ0) is 18.0. The summed E-state index contributed by atoms with van der Waals surface area (Å²) in [6.07, 6.45) is 18.7. The molecule has 0 aliphatic rings. The molecule has 2 heteroatoms. The summed E-state index contributed by atoms with van der Waals surface area (Å²) in [5, 5.41) is 0. The lowest BCUT2D eigenvalue weighted by molar-refractivity contribution is 0.412. The highest BCUT2D eigenvalue weighted by Gasteiger charge is 2.01. The van der Waals surface area contributed by atoms with Crippen LogP contribution in [0, 0.1) is 0 Å². The molecule has 0 heterocycles. The number of nitrogens with zero attached hydrogens (tertiary/aromatic N) is 1. The number of rotatable bonds is 17. The van der Waals surface area contributed by atoms with E-state index in [0.29, 0.717) is 0 Å². The van der Waals surface area contributed by atoms with Crippen LogP contribution in [0.25, 0.3) is 0 Å². The van der Waals surface area contributed by atoms with Crippen LogP contribution >= 0.6 is 11.8 Å². The molecule has 0 aromatic heterocycles. The maximum Gasteiger partial charge on any atom is 0.0139 e. The van der Waals surface area contributed by atoms with Crippen LogP contribution in [-0.2, 0) is 6.42 Å². The minimum Gasteiger partial charge on any atom is -0.220 e. The first-order valence-corrected chi connectivity index (χ1v) is 11.1. The second-order valence-electron chi connectivity index (χ2n) is 7.39. The Balaban J connectivity index is 1.79. The van der Waals surface area contributed by atoms with E-state index < -0.39 is 0 Å². The Morgan fingerprint density at radius 1 is 0.640 bits per heavy atom. The van der Waals surface area contributed by atoms with E-state index >= 15 is 0 Å². The van der Waals surface area contributed by atoms with Gasteiger partial charge in [0.1, 0.15) is 0 Å².